The van der Waals surface area contributed by atoms with Gasteiger partial charge in [-0.2, -0.15) is 0 Å². The molecule has 0 aromatic rings. The van der Waals surface area contributed by atoms with E-state index in [4.69, 9.17) is 0 Å². The summed E-state index contributed by atoms with van der Waals surface area (Å²) >= 11 is 0. The van der Waals surface area contributed by atoms with Crippen molar-refractivity contribution in [3.8, 4) is 0 Å². The minimum Gasteiger partial charge on any atom is -0.299 e. The summed E-state index contributed by atoms with van der Waals surface area (Å²) in [7, 11) is 0. The van der Waals surface area contributed by atoms with Gasteiger partial charge in [0.15, 0.2) is 0 Å². The lowest BCUT2D eigenvalue weighted by Gasteiger charge is -2.35. The second-order valence-corrected chi connectivity index (χ2v) is 5.29. The van der Waals surface area contributed by atoms with Gasteiger partial charge in [-0.1, -0.05) is 27.7 Å². The van der Waals surface area contributed by atoms with Crippen LogP contribution in [0.3, 0.4) is 0 Å². The van der Waals surface area contributed by atoms with Crippen molar-refractivity contribution in [2.45, 2.75) is 47.5 Å². The molecule has 1 rings (SSSR count). The van der Waals surface area contributed by atoms with Crippen LogP contribution < -0.4 is 0 Å². The zero-order valence-electron chi connectivity index (χ0n) is 8.90. The summed E-state index contributed by atoms with van der Waals surface area (Å²) in [5, 5.41) is 0. The molecule has 0 amide bonds. The fourth-order valence-corrected chi connectivity index (χ4v) is 2.76. The molecule has 70 valence electrons. The van der Waals surface area contributed by atoms with Crippen molar-refractivity contribution in [2.75, 3.05) is 0 Å². The molecule has 1 heteroatoms. The van der Waals surface area contributed by atoms with Crippen molar-refractivity contribution in [1.82, 2.24) is 0 Å². The second kappa shape index (κ2) is 2.58. The van der Waals surface area contributed by atoms with Crippen molar-refractivity contribution in [3.05, 3.63) is 0 Å². The Morgan fingerprint density at radius 1 is 1.25 bits per heavy atom. The number of Topliss-reactive ketones (excluding diaryl/α,β-unsaturated/α-hetero) is 1. The normalized spacial score (nSPS) is 39.9. The quantitative estimate of drug-likeness (QED) is 0.588. The van der Waals surface area contributed by atoms with Crippen LogP contribution >= 0.6 is 0 Å². The summed E-state index contributed by atoms with van der Waals surface area (Å²) in [6.07, 6.45) is 2.25. The van der Waals surface area contributed by atoms with Gasteiger partial charge in [0.05, 0.1) is 0 Å². The third-order valence-electron chi connectivity index (χ3n) is 3.89. The number of hydrogen-bond acceptors (Lipinski definition) is 1. The molecule has 1 nitrogen and oxygen atoms in total. The third-order valence-corrected chi connectivity index (χ3v) is 3.89. The minimum absolute atomic E-state index is 0.0770. The van der Waals surface area contributed by atoms with Gasteiger partial charge >= 0.3 is 0 Å². The lowest BCUT2D eigenvalue weighted by molar-refractivity contribution is -0.130. The molecule has 0 aromatic carbocycles. The molecule has 0 radical (unpaired) electrons. The van der Waals surface area contributed by atoms with E-state index in [1.807, 2.05) is 0 Å². The Hall–Kier alpha value is -0.330. The number of carbonyl (C=O) groups excluding carboxylic acids is 1. The predicted octanol–water partition coefficient (Wildman–Crippen LogP) is 3.04. The minimum atomic E-state index is -0.0770. The van der Waals surface area contributed by atoms with E-state index in [-0.39, 0.29) is 10.8 Å². The van der Waals surface area contributed by atoms with Gasteiger partial charge in [0.25, 0.3) is 0 Å². The predicted molar refractivity (Wildman–Crippen MR) is 51.0 cm³/mol. The van der Waals surface area contributed by atoms with Crippen molar-refractivity contribution in [1.29, 1.82) is 0 Å². The highest BCUT2D eigenvalue weighted by Crippen LogP contribution is 2.55. The average molecular weight is 168 g/mol. The number of rotatable bonds is 1. The SMILES string of the molecule is CC(=O)C1(C)CC(C)CC1(C)C. The molecular weight excluding hydrogens is 148 g/mol. The van der Waals surface area contributed by atoms with Crippen molar-refractivity contribution in [3.63, 3.8) is 0 Å². The van der Waals surface area contributed by atoms with Crippen LogP contribution in [-0.4, -0.2) is 5.78 Å². The van der Waals surface area contributed by atoms with E-state index in [2.05, 4.69) is 27.7 Å². The average Bonchev–Trinajstić information content (AvgIpc) is 2.02. The molecule has 1 fully saturated rings. The van der Waals surface area contributed by atoms with E-state index in [1.165, 1.54) is 6.42 Å². The van der Waals surface area contributed by atoms with Crippen LogP contribution in [0.15, 0.2) is 0 Å². The molecule has 0 spiro atoms. The third kappa shape index (κ3) is 1.19. The number of carbonyl (C=O) groups is 1. The number of ketones is 1. The van der Waals surface area contributed by atoms with Crippen molar-refractivity contribution in [2.24, 2.45) is 16.7 Å². The van der Waals surface area contributed by atoms with Gasteiger partial charge in [-0.05, 0) is 31.1 Å². The maximum atomic E-state index is 11.5. The van der Waals surface area contributed by atoms with Gasteiger partial charge in [-0.15, -0.1) is 0 Å². The van der Waals surface area contributed by atoms with Crippen LogP contribution in [0, 0.1) is 16.7 Å². The van der Waals surface area contributed by atoms with E-state index in [0.717, 1.165) is 6.42 Å². The topological polar surface area (TPSA) is 17.1 Å². The first-order valence-electron chi connectivity index (χ1n) is 4.81. The maximum Gasteiger partial charge on any atom is 0.136 e. The van der Waals surface area contributed by atoms with E-state index >= 15 is 0 Å². The Kier molecular flexibility index (Phi) is 2.10. The van der Waals surface area contributed by atoms with E-state index in [9.17, 15) is 4.79 Å². The Balaban J connectivity index is 2.98. The zero-order chi connectivity index (χ0) is 9.57. The lowest BCUT2D eigenvalue weighted by Crippen LogP contribution is -2.35. The first-order chi connectivity index (χ1) is 5.29. The highest BCUT2D eigenvalue weighted by molar-refractivity contribution is 5.83. The Bertz CT molecular complexity index is 205. The maximum absolute atomic E-state index is 11.5. The summed E-state index contributed by atoms with van der Waals surface area (Å²) in [5.41, 5.74) is 0.116. The molecule has 1 aliphatic rings. The van der Waals surface area contributed by atoms with Crippen LogP contribution in [0.5, 0.6) is 0 Å². The van der Waals surface area contributed by atoms with E-state index in [1.54, 1.807) is 6.92 Å². The van der Waals surface area contributed by atoms with Crippen molar-refractivity contribution < 1.29 is 4.79 Å². The molecule has 2 unspecified atom stereocenters. The summed E-state index contributed by atoms with van der Waals surface area (Å²) in [5.74, 6) is 1.06. The fraction of sp³-hybridized carbons (Fsp3) is 0.909. The van der Waals surface area contributed by atoms with Gasteiger partial charge in [-0.3, -0.25) is 4.79 Å². The first kappa shape index (κ1) is 9.76. The van der Waals surface area contributed by atoms with Crippen LogP contribution in [0.1, 0.15) is 47.5 Å². The zero-order valence-corrected chi connectivity index (χ0v) is 8.90. The van der Waals surface area contributed by atoms with Crippen LogP contribution in [0.2, 0.25) is 0 Å². The molecule has 1 aliphatic carbocycles. The molecule has 0 bridgehead atoms. The van der Waals surface area contributed by atoms with E-state index < -0.39 is 0 Å². The van der Waals surface area contributed by atoms with Crippen molar-refractivity contribution >= 4 is 5.78 Å². The monoisotopic (exact) mass is 168 g/mol. The van der Waals surface area contributed by atoms with Crippen LogP contribution in [-0.2, 0) is 4.79 Å². The Morgan fingerprint density at radius 2 is 1.75 bits per heavy atom. The fourth-order valence-electron chi connectivity index (χ4n) is 2.76. The van der Waals surface area contributed by atoms with Crippen LogP contribution in [0.25, 0.3) is 0 Å². The second-order valence-electron chi connectivity index (χ2n) is 5.29. The van der Waals surface area contributed by atoms with Gasteiger partial charge < -0.3 is 0 Å². The highest BCUT2D eigenvalue weighted by Gasteiger charge is 2.50. The first-order valence-corrected chi connectivity index (χ1v) is 4.81. The molecule has 0 N–H and O–H groups in total. The highest BCUT2D eigenvalue weighted by atomic mass is 16.1. The van der Waals surface area contributed by atoms with Crippen LogP contribution in [0.4, 0.5) is 0 Å². The molecule has 12 heavy (non-hydrogen) atoms. The van der Waals surface area contributed by atoms with Gasteiger partial charge in [0.2, 0.25) is 0 Å². The smallest absolute Gasteiger partial charge is 0.136 e. The van der Waals surface area contributed by atoms with E-state index in [0.29, 0.717) is 11.7 Å². The molecule has 0 aromatic heterocycles. The molecule has 0 saturated heterocycles. The molecule has 1 saturated carbocycles. The Labute approximate surface area is 75.5 Å². The summed E-state index contributed by atoms with van der Waals surface area (Å²) in [4.78, 5) is 11.5. The summed E-state index contributed by atoms with van der Waals surface area (Å²) < 4.78 is 0. The van der Waals surface area contributed by atoms with Gasteiger partial charge in [0.1, 0.15) is 5.78 Å². The molecule has 2 atom stereocenters. The van der Waals surface area contributed by atoms with Gasteiger partial charge in [0, 0.05) is 5.41 Å². The molecular formula is C11H20O. The summed E-state index contributed by atoms with van der Waals surface area (Å²) in [6, 6.07) is 0. The molecule has 0 heterocycles. The largest absolute Gasteiger partial charge is 0.299 e. The summed E-state index contributed by atoms with van der Waals surface area (Å²) in [6.45, 7) is 10.5. The molecule has 0 aliphatic heterocycles. The Morgan fingerprint density at radius 3 is 1.92 bits per heavy atom. The number of hydrogen-bond donors (Lipinski definition) is 0. The lowest BCUT2D eigenvalue weighted by atomic mass is 9.67. The standard InChI is InChI=1S/C11H20O/c1-8-6-10(3,4)11(5,7-8)9(2)12/h8H,6-7H2,1-5H3. The van der Waals surface area contributed by atoms with Gasteiger partial charge in [-0.25, -0.2) is 0 Å².